The molecule has 1 aliphatic heterocycles. The molecule has 30 heavy (non-hydrogen) atoms. The van der Waals surface area contributed by atoms with Crippen LogP contribution >= 0.6 is 0 Å². The smallest absolute Gasteiger partial charge is 0.339 e. The molecule has 0 saturated carbocycles. The first-order valence-corrected chi connectivity index (χ1v) is 9.83. The van der Waals surface area contributed by atoms with Crippen LogP contribution in [-0.4, -0.2) is 44.4 Å². The van der Waals surface area contributed by atoms with Crippen molar-refractivity contribution in [1.29, 1.82) is 0 Å². The monoisotopic (exact) mass is 415 g/mol. The summed E-state index contributed by atoms with van der Waals surface area (Å²) in [4.78, 5) is 24.9. The molecule has 160 valence electrons. The molecule has 0 spiro atoms. The molecule has 1 atom stereocenters. The molecule has 0 fully saturated rings. The number of carbonyl (C=O) groups is 2. The van der Waals surface area contributed by atoms with Crippen molar-refractivity contribution in [2.75, 3.05) is 31.7 Å². The van der Waals surface area contributed by atoms with Crippen molar-refractivity contribution in [3.8, 4) is 23.0 Å². The van der Waals surface area contributed by atoms with Gasteiger partial charge in [-0.3, -0.25) is 4.79 Å². The summed E-state index contributed by atoms with van der Waals surface area (Å²) in [6.07, 6.45) is -1.01. The van der Waals surface area contributed by atoms with Gasteiger partial charge >= 0.3 is 5.97 Å². The Labute approximate surface area is 175 Å². The zero-order valence-corrected chi connectivity index (χ0v) is 17.2. The average molecular weight is 415 g/mol. The van der Waals surface area contributed by atoms with Gasteiger partial charge in [-0.15, -0.1) is 0 Å². The number of nitrogens with one attached hydrogen (secondary N) is 1. The minimum Gasteiger partial charge on any atom is -0.490 e. The van der Waals surface area contributed by atoms with E-state index in [9.17, 15) is 9.59 Å². The number of carbonyl (C=O) groups excluding carboxylic acids is 2. The summed E-state index contributed by atoms with van der Waals surface area (Å²) < 4.78 is 27.3. The number of fused-ring (bicyclic) bond motifs is 1. The lowest BCUT2D eigenvalue weighted by molar-refractivity contribution is -0.123. The molecule has 2 aromatic carbocycles. The summed E-state index contributed by atoms with van der Waals surface area (Å²) >= 11 is 0. The van der Waals surface area contributed by atoms with Crippen LogP contribution in [0.2, 0.25) is 0 Å². The van der Waals surface area contributed by atoms with Crippen LogP contribution < -0.4 is 24.3 Å². The summed E-state index contributed by atoms with van der Waals surface area (Å²) in [7, 11) is 0. The Morgan fingerprint density at radius 2 is 1.67 bits per heavy atom. The molecule has 1 aliphatic rings. The number of ether oxygens (including phenoxy) is 5. The van der Waals surface area contributed by atoms with Gasteiger partial charge in [0.2, 0.25) is 0 Å². The maximum atomic E-state index is 12.5. The highest BCUT2D eigenvalue weighted by Gasteiger charge is 2.21. The highest BCUT2D eigenvalue weighted by atomic mass is 16.6. The number of rotatable bonds is 8. The standard InChI is InChI=1S/C22H25NO7/c1-4-26-17-8-6-15(12-19(17)27-5-2)22(25)30-14(3)21(24)23-16-7-9-18-20(13-16)29-11-10-28-18/h6-9,12-14H,4-5,10-11H2,1-3H3,(H,23,24). The summed E-state index contributed by atoms with van der Waals surface area (Å²) in [5.74, 6) is 1.07. The van der Waals surface area contributed by atoms with Crippen LogP contribution in [0.1, 0.15) is 31.1 Å². The van der Waals surface area contributed by atoms with Gasteiger partial charge in [0.15, 0.2) is 29.1 Å². The van der Waals surface area contributed by atoms with Gasteiger partial charge in [0.05, 0.1) is 18.8 Å². The van der Waals surface area contributed by atoms with E-state index in [-0.39, 0.29) is 5.56 Å². The number of benzene rings is 2. The highest BCUT2D eigenvalue weighted by molar-refractivity contribution is 5.97. The van der Waals surface area contributed by atoms with E-state index in [4.69, 9.17) is 23.7 Å². The SMILES string of the molecule is CCOc1ccc(C(=O)OC(C)C(=O)Nc2ccc3c(c2)OCCO3)cc1OCC. The quantitative estimate of drug-likeness (QED) is 0.660. The molecule has 1 N–H and O–H groups in total. The lowest BCUT2D eigenvalue weighted by Crippen LogP contribution is -2.30. The third-order valence-electron chi connectivity index (χ3n) is 4.24. The van der Waals surface area contributed by atoms with Crippen molar-refractivity contribution >= 4 is 17.6 Å². The molecule has 1 amide bonds. The van der Waals surface area contributed by atoms with Gasteiger partial charge in [0, 0.05) is 11.8 Å². The van der Waals surface area contributed by atoms with Crippen molar-refractivity contribution in [2.45, 2.75) is 26.9 Å². The minimum atomic E-state index is -1.01. The van der Waals surface area contributed by atoms with E-state index in [0.29, 0.717) is 55.1 Å². The number of hydrogen-bond acceptors (Lipinski definition) is 7. The number of anilines is 1. The van der Waals surface area contributed by atoms with E-state index in [1.165, 1.54) is 6.92 Å². The molecule has 8 heteroatoms. The molecule has 2 aromatic rings. The van der Waals surface area contributed by atoms with Crippen LogP contribution in [0.3, 0.4) is 0 Å². The van der Waals surface area contributed by atoms with Crippen LogP contribution in [0.25, 0.3) is 0 Å². The summed E-state index contributed by atoms with van der Waals surface area (Å²) in [6, 6.07) is 9.84. The van der Waals surface area contributed by atoms with Crippen LogP contribution in [0, 0.1) is 0 Å². The first kappa shape index (κ1) is 21.3. The maximum Gasteiger partial charge on any atom is 0.339 e. The molecule has 3 rings (SSSR count). The lowest BCUT2D eigenvalue weighted by Gasteiger charge is -2.19. The molecule has 0 aromatic heterocycles. The normalized spacial score (nSPS) is 13.2. The minimum absolute atomic E-state index is 0.265. The van der Waals surface area contributed by atoms with Crippen LogP contribution in [0.4, 0.5) is 5.69 Å². The van der Waals surface area contributed by atoms with Gasteiger partial charge in [0.25, 0.3) is 5.91 Å². The first-order valence-electron chi connectivity index (χ1n) is 9.83. The zero-order chi connectivity index (χ0) is 21.5. The van der Waals surface area contributed by atoms with Crippen molar-refractivity contribution in [1.82, 2.24) is 0 Å². The second kappa shape index (κ2) is 9.87. The predicted octanol–water partition coefficient (Wildman–Crippen LogP) is 3.44. The summed E-state index contributed by atoms with van der Waals surface area (Å²) in [5.41, 5.74) is 0.785. The van der Waals surface area contributed by atoms with Crippen molar-refractivity contribution in [3.05, 3.63) is 42.0 Å². The van der Waals surface area contributed by atoms with Crippen LogP contribution in [-0.2, 0) is 9.53 Å². The van der Waals surface area contributed by atoms with Crippen molar-refractivity contribution in [2.24, 2.45) is 0 Å². The molecule has 0 saturated heterocycles. The van der Waals surface area contributed by atoms with E-state index in [1.54, 1.807) is 36.4 Å². The van der Waals surface area contributed by atoms with E-state index < -0.39 is 18.0 Å². The topological polar surface area (TPSA) is 92.3 Å². The second-order valence-electron chi connectivity index (χ2n) is 6.42. The Morgan fingerprint density at radius 3 is 2.40 bits per heavy atom. The second-order valence-corrected chi connectivity index (χ2v) is 6.42. The number of esters is 1. The third-order valence-corrected chi connectivity index (χ3v) is 4.24. The van der Waals surface area contributed by atoms with Gasteiger partial charge < -0.3 is 29.0 Å². The molecule has 1 unspecified atom stereocenters. The molecule has 1 heterocycles. The Morgan fingerprint density at radius 1 is 0.967 bits per heavy atom. The zero-order valence-electron chi connectivity index (χ0n) is 17.2. The Kier molecular flexibility index (Phi) is 7.00. The Bertz CT molecular complexity index is 912. The van der Waals surface area contributed by atoms with Gasteiger partial charge in [-0.25, -0.2) is 4.79 Å². The highest BCUT2D eigenvalue weighted by Crippen LogP contribution is 2.33. The molecule has 0 aliphatic carbocycles. The molecule has 8 nitrogen and oxygen atoms in total. The summed E-state index contributed by atoms with van der Waals surface area (Å²) in [5, 5.41) is 2.71. The largest absolute Gasteiger partial charge is 0.490 e. The van der Waals surface area contributed by atoms with Crippen molar-refractivity contribution in [3.63, 3.8) is 0 Å². The van der Waals surface area contributed by atoms with Gasteiger partial charge in [-0.1, -0.05) is 0 Å². The molecule has 0 radical (unpaired) electrons. The van der Waals surface area contributed by atoms with Crippen LogP contribution in [0.5, 0.6) is 23.0 Å². The first-order chi connectivity index (χ1) is 14.5. The van der Waals surface area contributed by atoms with E-state index in [0.717, 1.165) is 0 Å². The Hall–Kier alpha value is -3.42. The average Bonchev–Trinajstić information content (AvgIpc) is 2.75. The fourth-order valence-corrected chi connectivity index (χ4v) is 2.83. The molecular weight excluding hydrogens is 390 g/mol. The molecule has 0 bridgehead atoms. The Balaban J connectivity index is 1.63. The fraction of sp³-hybridized carbons (Fsp3) is 0.364. The lowest BCUT2D eigenvalue weighted by atomic mass is 10.2. The van der Waals surface area contributed by atoms with Gasteiger partial charge in [-0.05, 0) is 51.1 Å². The van der Waals surface area contributed by atoms with Crippen molar-refractivity contribution < 1.29 is 33.3 Å². The third kappa shape index (κ3) is 5.14. The van der Waals surface area contributed by atoms with Gasteiger partial charge in [0.1, 0.15) is 13.2 Å². The number of hydrogen-bond donors (Lipinski definition) is 1. The summed E-state index contributed by atoms with van der Waals surface area (Å²) in [6.45, 7) is 7.04. The van der Waals surface area contributed by atoms with Gasteiger partial charge in [-0.2, -0.15) is 0 Å². The number of amides is 1. The fourth-order valence-electron chi connectivity index (χ4n) is 2.83. The maximum absolute atomic E-state index is 12.5. The van der Waals surface area contributed by atoms with Crippen LogP contribution in [0.15, 0.2) is 36.4 Å². The van der Waals surface area contributed by atoms with E-state index in [2.05, 4.69) is 5.32 Å². The molecular formula is C22H25NO7. The van der Waals surface area contributed by atoms with E-state index in [1.807, 2.05) is 13.8 Å². The predicted molar refractivity (Wildman–Crippen MR) is 110 cm³/mol. The van der Waals surface area contributed by atoms with E-state index >= 15 is 0 Å².